The second kappa shape index (κ2) is 8.17. The fraction of sp³-hybridized carbons (Fsp3) is 0.571. The summed E-state index contributed by atoms with van der Waals surface area (Å²) < 4.78 is 37.5. The Bertz CT molecular complexity index is 597. The Kier molecular flexibility index (Phi) is 7.43. The molecule has 0 aliphatic carbocycles. The van der Waals surface area contributed by atoms with Crippen molar-refractivity contribution in [1.29, 1.82) is 0 Å². The van der Waals surface area contributed by atoms with E-state index in [2.05, 4.69) is 4.72 Å². The molecule has 2 rings (SSSR count). The van der Waals surface area contributed by atoms with Crippen molar-refractivity contribution in [3.63, 3.8) is 0 Å². The van der Waals surface area contributed by atoms with Crippen LogP contribution < -0.4 is 4.74 Å². The third-order valence-electron chi connectivity index (χ3n) is 3.56. The summed E-state index contributed by atoms with van der Waals surface area (Å²) in [4.78, 5) is 0. The molecule has 1 aromatic carbocycles. The number of aliphatic hydroxyl groups excluding tert-OH is 1. The van der Waals surface area contributed by atoms with Gasteiger partial charge in [-0.25, -0.2) is 8.42 Å². The number of methoxy groups -OCH3 is 1. The van der Waals surface area contributed by atoms with Gasteiger partial charge in [-0.15, -0.1) is 6.54 Å². The van der Waals surface area contributed by atoms with Crippen LogP contribution in [0.2, 0.25) is 0 Å². The van der Waals surface area contributed by atoms with E-state index < -0.39 is 21.4 Å². The topological polar surface area (TPSA) is 86.9 Å². The van der Waals surface area contributed by atoms with E-state index in [9.17, 15) is 13.5 Å². The Labute approximate surface area is 156 Å². The number of nitrogens with zero attached hydrogens (tertiary/aromatic N) is 1. The minimum absolute atomic E-state index is 0. The van der Waals surface area contributed by atoms with Crippen molar-refractivity contribution in [3.05, 3.63) is 33.5 Å². The van der Waals surface area contributed by atoms with Gasteiger partial charge in [0.25, 0.3) is 0 Å². The van der Waals surface area contributed by atoms with E-state index in [4.69, 9.17) is 9.47 Å². The van der Waals surface area contributed by atoms with Gasteiger partial charge in [-0.05, 0) is 42.7 Å². The molecule has 0 radical (unpaired) electrons. The van der Waals surface area contributed by atoms with Crippen molar-refractivity contribution in [2.24, 2.45) is 0 Å². The average molecular weight is 403 g/mol. The van der Waals surface area contributed by atoms with Gasteiger partial charge in [-0.1, -0.05) is 6.42 Å². The zero-order valence-electron chi connectivity index (χ0n) is 12.9. The molecule has 22 heavy (non-hydrogen) atoms. The summed E-state index contributed by atoms with van der Waals surface area (Å²) in [7, 11) is -2.02. The number of benzene rings is 1. The predicted octanol–water partition coefficient (Wildman–Crippen LogP) is 1.79. The third-order valence-corrected chi connectivity index (χ3v) is 5.37. The molecular formula is C14H20NO5SY+2. The van der Waals surface area contributed by atoms with Gasteiger partial charge >= 0.3 is 32.7 Å². The summed E-state index contributed by atoms with van der Waals surface area (Å²) in [5.74, 6) is 0.687. The molecule has 0 amide bonds. The van der Waals surface area contributed by atoms with Gasteiger partial charge in [-0.3, -0.25) is 0 Å². The fourth-order valence-electron chi connectivity index (χ4n) is 2.59. The summed E-state index contributed by atoms with van der Waals surface area (Å²) in [5, 5.41) is 9.51. The Hall–Kier alpha value is -0.0461. The maximum absolute atomic E-state index is 11.8. The van der Waals surface area contributed by atoms with Crippen LogP contribution in [0.5, 0.6) is 5.75 Å². The number of sulfonamides is 1. The second-order valence-corrected chi connectivity index (χ2v) is 7.07. The van der Waals surface area contributed by atoms with E-state index >= 15 is 0 Å². The molecule has 1 aromatic rings. The van der Waals surface area contributed by atoms with E-state index in [1.165, 1.54) is 7.11 Å². The SMILES string of the molecule is COCOc1c(C)cc(C(O)C2CC[N-]S2(=O)=O)cc1C.[Y+3]. The van der Waals surface area contributed by atoms with Gasteiger partial charge in [-0.2, -0.15) is 0 Å². The van der Waals surface area contributed by atoms with Crippen LogP contribution in [-0.4, -0.2) is 39.2 Å². The van der Waals surface area contributed by atoms with Crippen LogP contribution in [0, 0.1) is 13.8 Å². The van der Waals surface area contributed by atoms with Crippen LogP contribution in [0.4, 0.5) is 0 Å². The van der Waals surface area contributed by atoms with E-state index in [0.717, 1.165) is 11.1 Å². The van der Waals surface area contributed by atoms with E-state index in [-0.39, 0.29) is 46.0 Å². The van der Waals surface area contributed by atoms with Crippen LogP contribution in [0.25, 0.3) is 4.72 Å². The number of hydrogen-bond donors (Lipinski definition) is 1. The molecule has 1 heterocycles. The molecule has 1 fully saturated rings. The Morgan fingerprint density at radius 2 is 1.95 bits per heavy atom. The monoisotopic (exact) mass is 403 g/mol. The van der Waals surface area contributed by atoms with Gasteiger partial charge in [0.2, 0.25) is 0 Å². The van der Waals surface area contributed by atoms with Gasteiger partial charge in [0, 0.05) is 7.11 Å². The van der Waals surface area contributed by atoms with E-state index in [0.29, 0.717) is 17.7 Å². The third kappa shape index (κ3) is 4.27. The molecule has 1 N–H and O–H groups in total. The molecule has 0 aromatic heterocycles. The fourth-order valence-corrected chi connectivity index (χ4v) is 4.02. The molecule has 0 bridgehead atoms. The van der Waals surface area contributed by atoms with Crippen LogP contribution in [0.3, 0.4) is 0 Å². The normalized spacial score (nSPS) is 21.2. The molecule has 0 saturated carbocycles. The molecule has 6 nitrogen and oxygen atoms in total. The molecule has 118 valence electrons. The molecule has 1 aliphatic heterocycles. The van der Waals surface area contributed by atoms with E-state index in [1.807, 2.05) is 13.8 Å². The minimum Gasteiger partial charge on any atom is -0.549 e. The number of rotatable bonds is 5. The summed E-state index contributed by atoms with van der Waals surface area (Å²) in [6.45, 7) is 4.08. The second-order valence-electron chi connectivity index (χ2n) is 5.17. The van der Waals surface area contributed by atoms with E-state index in [1.54, 1.807) is 12.1 Å². The standard InChI is InChI=1S/C14H20NO5S.Y/c1-9-6-11(7-10(2)14(9)20-8-19-3)13(16)12-4-5-15-21(12,17)18;/h6-7,12-13,16H,4-5,8H2,1-3H3;/q-1;+3. The Morgan fingerprint density at radius 1 is 1.36 bits per heavy atom. The van der Waals surface area contributed by atoms with Crippen LogP contribution in [-0.2, 0) is 47.5 Å². The van der Waals surface area contributed by atoms with Crippen molar-refractivity contribution in [3.8, 4) is 5.75 Å². The minimum atomic E-state index is -3.56. The van der Waals surface area contributed by atoms with Crippen LogP contribution in [0.1, 0.15) is 29.2 Å². The summed E-state index contributed by atoms with van der Waals surface area (Å²) >= 11 is 0. The summed E-state index contributed by atoms with van der Waals surface area (Å²) in [6, 6.07) is 3.49. The molecular weight excluding hydrogens is 383 g/mol. The molecule has 1 saturated heterocycles. The Morgan fingerprint density at radius 3 is 2.41 bits per heavy atom. The zero-order chi connectivity index (χ0) is 15.6. The van der Waals surface area contributed by atoms with Gasteiger partial charge in [0.15, 0.2) is 6.79 Å². The van der Waals surface area contributed by atoms with Crippen molar-refractivity contribution >= 4 is 10.0 Å². The van der Waals surface area contributed by atoms with Crippen molar-refractivity contribution < 1.29 is 55.7 Å². The number of aliphatic hydroxyl groups is 1. The quantitative estimate of drug-likeness (QED) is 0.758. The molecule has 2 atom stereocenters. The molecule has 2 unspecified atom stereocenters. The van der Waals surface area contributed by atoms with Gasteiger partial charge < -0.3 is 19.3 Å². The maximum atomic E-state index is 11.8. The zero-order valence-corrected chi connectivity index (χ0v) is 16.6. The van der Waals surface area contributed by atoms with Crippen molar-refractivity contribution in [2.75, 3.05) is 20.4 Å². The largest absolute Gasteiger partial charge is 3.00 e. The molecule has 0 spiro atoms. The molecule has 8 heteroatoms. The van der Waals surface area contributed by atoms with Crippen molar-refractivity contribution in [1.82, 2.24) is 0 Å². The first kappa shape index (κ1) is 20.0. The maximum Gasteiger partial charge on any atom is 3.00 e. The smallest absolute Gasteiger partial charge is 0.549 e. The van der Waals surface area contributed by atoms with Gasteiger partial charge in [0.05, 0.1) is 21.4 Å². The Balaban J connectivity index is 0.00000242. The number of aryl methyl sites for hydroxylation is 2. The first-order valence-corrected chi connectivity index (χ1v) is 8.20. The summed E-state index contributed by atoms with van der Waals surface area (Å²) in [5.41, 5.74) is 2.22. The predicted molar refractivity (Wildman–Crippen MR) is 78.9 cm³/mol. The molecule has 1 aliphatic rings. The first-order valence-electron chi connectivity index (χ1n) is 6.70. The average Bonchev–Trinajstić information content (AvgIpc) is 2.76. The number of ether oxygens (including phenoxy) is 2. The first-order chi connectivity index (χ1) is 9.86. The van der Waals surface area contributed by atoms with Crippen LogP contribution in [0.15, 0.2) is 12.1 Å². The van der Waals surface area contributed by atoms with Gasteiger partial charge in [0.1, 0.15) is 5.75 Å². The summed E-state index contributed by atoms with van der Waals surface area (Å²) in [6.07, 6.45) is -0.723. The number of hydrogen-bond acceptors (Lipinski definition) is 5. The van der Waals surface area contributed by atoms with Crippen LogP contribution >= 0.6 is 0 Å². The van der Waals surface area contributed by atoms with Crippen molar-refractivity contribution in [2.45, 2.75) is 31.6 Å².